The molecule has 0 saturated heterocycles. The van der Waals surface area contributed by atoms with E-state index in [9.17, 15) is 14.7 Å². The third-order valence-corrected chi connectivity index (χ3v) is 6.85. The lowest BCUT2D eigenvalue weighted by Crippen LogP contribution is -2.07. The number of aliphatic hydroxyl groups is 1. The average molecular weight is 467 g/mol. The molecule has 0 aromatic rings. The Morgan fingerprint density at radius 2 is 0.818 bits per heavy atom. The Labute approximate surface area is 206 Å². The highest BCUT2D eigenvalue weighted by Gasteiger charge is 2.08. The maximum atomic E-state index is 11.8. The summed E-state index contributed by atoms with van der Waals surface area (Å²) in [4.78, 5) is 23.3. The molecule has 33 heavy (non-hydrogen) atoms. The Balaban J connectivity index is 3.28. The smallest absolute Gasteiger partial charge is 0.133 e. The van der Waals surface area contributed by atoms with Gasteiger partial charge >= 0.3 is 0 Å². The maximum Gasteiger partial charge on any atom is 0.133 e. The number of carbonyl (C=O) groups is 2. The predicted octanol–water partition coefficient (Wildman–Crippen LogP) is 9.28. The molecule has 0 aliphatic carbocycles. The molecule has 0 saturated carbocycles. The topological polar surface area (TPSA) is 54.4 Å². The van der Waals surface area contributed by atoms with Gasteiger partial charge in [-0.05, 0) is 25.7 Å². The van der Waals surface area contributed by atoms with Gasteiger partial charge in [-0.25, -0.2) is 0 Å². The molecule has 0 bridgehead atoms. The Hall–Kier alpha value is -0.700. The van der Waals surface area contributed by atoms with Crippen LogP contribution in [-0.4, -0.2) is 22.8 Å². The summed E-state index contributed by atoms with van der Waals surface area (Å²) in [6, 6.07) is 0. The summed E-state index contributed by atoms with van der Waals surface area (Å²) in [6.07, 6.45) is 28.1. The number of carbonyl (C=O) groups excluding carboxylic acids is 2. The molecule has 1 N–H and O–H groups in total. The largest absolute Gasteiger partial charge is 0.393 e. The van der Waals surface area contributed by atoms with Gasteiger partial charge in [-0.15, -0.1) is 0 Å². The number of unbranched alkanes of at least 4 members (excludes halogenated alkanes) is 16. The van der Waals surface area contributed by atoms with Crippen LogP contribution in [0.3, 0.4) is 0 Å². The van der Waals surface area contributed by atoms with E-state index < -0.39 is 0 Å². The van der Waals surface area contributed by atoms with E-state index in [0.717, 1.165) is 38.5 Å². The fraction of sp³-hybridized carbons (Fsp3) is 0.933. The first kappa shape index (κ1) is 32.3. The molecule has 0 heterocycles. The molecule has 1 unspecified atom stereocenters. The van der Waals surface area contributed by atoms with Gasteiger partial charge < -0.3 is 5.11 Å². The highest BCUT2D eigenvalue weighted by molar-refractivity contribution is 5.85. The van der Waals surface area contributed by atoms with Crippen LogP contribution in [0.25, 0.3) is 0 Å². The van der Waals surface area contributed by atoms with Gasteiger partial charge in [0, 0.05) is 25.7 Å². The number of ketones is 2. The second-order valence-electron chi connectivity index (χ2n) is 10.3. The van der Waals surface area contributed by atoms with Crippen molar-refractivity contribution < 1.29 is 14.7 Å². The minimum atomic E-state index is -0.210. The Morgan fingerprint density at radius 3 is 1.24 bits per heavy atom. The monoisotopic (exact) mass is 466 g/mol. The minimum Gasteiger partial charge on any atom is -0.393 e. The summed E-state index contributed by atoms with van der Waals surface area (Å²) in [5.74, 6) is 0.409. The molecule has 0 aromatic heterocycles. The predicted molar refractivity (Wildman–Crippen MR) is 143 cm³/mol. The number of hydrogen-bond donors (Lipinski definition) is 1. The molecule has 196 valence electrons. The molecule has 0 amide bonds. The lowest BCUT2D eigenvalue weighted by molar-refractivity contribution is -0.124. The van der Waals surface area contributed by atoms with Crippen molar-refractivity contribution >= 4 is 11.6 Å². The van der Waals surface area contributed by atoms with E-state index in [1.165, 1.54) is 96.3 Å². The first-order chi connectivity index (χ1) is 16.1. The second-order valence-corrected chi connectivity index (χ2v) is 10.3. The van der Waals surface area contributed by atoms with Crippen molar-refractivity contribution in [1.82, 2.24) is 0 Å². The lowest BCUT2D eigenvalue weighted by Gasteiger charge is -2.10. The number of Topliss-reactive ketones (excluding diaryl/α,β-unsaturated/α-hetero) is 2. The van der Waals surface area contributed by atoms with Gasteiger partial charge in [0.2, 0.25) is 0 Å². The number of rotatable bonds is 27. The Morgan fingerprint density at radius 1 is 0.455 bits per heavy atom. The summed E-state index contributed by atoms with van der Waals surface area (Å²) in [7, 11) is 0. The van der Waals surface area contributed by atoms with E-state index in [-0.39, 0.29) is 17.7 Å². The van der Waals surface area contributed by atoms with Crippen molar-refractivity contribution in [2.75, 3.05) is 0 Å². The van der Waals surface area contributed by atoms with Crippen molar-refractivity contribution in [3.63, 3.8) is 0 Å². The highest BCUT2D eigenvalue weighted by Crippen LogP contribution is 2.16. The molecule has 0 rings (SSSR count). The van der Waals surface area contributed by atoms with E-state index in [1.54, 1.807) is 0 Å². The van der Waals surface area contributed by atoms with Gasteiger partial charge in [-0.3, -0.25) is 9.59 Å². The fourth-order valence-electron chi connectivity index (χ4n) is 4.58. The molecular weight excluding hydrogens is 408 g/mol. The average Bonchev–Trinajstić information content (AvgIpc) is 2.80. The minimum absolute atomic E-state index is 0.201. The van der Waals surface area contributed by atoms with Crippen LogP contribution in [0.1, 0.15) is 174 Å². The molecular formula is C30H58O3. The molecule has 0 radical (unpaired) electrons. The number of hydrogen-bond acceptors (Lipinski definition) is 3. The summed E-state index contributed by atoms with van der Waals surface area (Å²) >= 11 is 0. The first-order valence-corrected chi connectivity index (χ1v) is 14.8. The lowest BCUT2D eigenvalue weighted by atomic mass is 10.0. The van der Waals surface area contributed by atoms with Crippen LogP contribution < -0.4 is 0 Å². The van der Waals surface area contributed by atoms with Crippen molar-refractivity contribution in [2.45, 2.75) is 180 Å². The fourth-order valence-corrected chi connectivity index (χ4v) is 4.58. The maximum absolute atomic E-state index is 11.8. The van der Waals surface area contributed by atoms with E-state index in [2.05, 4.69) is 6.92 Å². The van der Waals surface area contributed by atoms with Gasteiger partial charge in [0.15, 0.2) is 0 Å². The molecule has 3 heteroatoms. The van der Waals surface area contributed by atoms with Gasteiger partial charge in [0.25, 0.3) is 0 Å². The number of aliphatic hydroxyl groups excluding tert-OH is 1. The van der Waals surface area contributed by atoms with Crippen molar-refractivity contribution in [3.05, 3.63) is 0 Å². The van der Waals surface area contributed by atoms with Gasteiger partial charge in [0.1, 0.15) is 11.6 Å². The van der Waals surface area contributed by atoms with Crippen LogP contribution in [0.4, 0.5) is 0 Å². The van der Waals surface area contributed by atoms with Crippen LogP contribution in [0.15, 0.2) is 0 Å². The molecule has 1 atom stereocenters. The van der Waals surface area contributed by atoms with Gasteiger partial charge in [-0.2, -0.15) is 0 Å². The standard InChI is InChI=1S/C30H58O3/c1-3-5-6-7-8-9-10-11-12-13-14-15-16-17-18-19-23-29(32)24-20-21-25-30(33)27-26-28(31)22-4-2/h29,32H,3-27H2,1-2H3. The quantitative estimate of drug-likeness (QED) is 0.123. The summed E-state index contributed by atoms with van der Waals surface area (Å²) in [5, 5.41) is 10.1. The van der Waals surface area contributed by atoms with E-state index in [4.69, 9.17) is 0 Å². The molecule has 3 nitrogen and oxygen atoms in total. The zero-order valence-corrected chi connectivity index (χ0v) is 22.5. The second kappa shape index (κ2) is 25.9. The summed E-state index contributed by atoms with van der Waals surface area (Å²) in [5.41, 5.74) is 0. The normalized spacial score (nSPS) is 12.2. The van der Waals surface area contributed by atoms with E-state index in [1.807, 2.05) is 6.92 Å². The highest BCUT2D eigenvalue weighted by atomic mass is 16.3. The molecule has 0 aliphatic rings. The van der Waals surface area contributed by atoms with E-state index >= 15 is 0 Å². The first-order valence-electron chi connectivity index (χ1n) is 14.8. The zero-order valence-electron chi connectivity index (χ0n) is 22.5. The van der Waals surface area contributed by atoms with Crippen molar-refractivity contribution in [1.29, 1.82) is 0 Å². The van der Waals surface area contributed by atoms with Crippen molar-refractivity contribution in [2.24, 2.45) is 0 Å². The van der Waals surface area contributed by atoms with Gasteiger partial charge in [-0.1, -0.05) is 123 Å². The third kappa shape index (κ3) is 25.8. The Kier molecular flexibility index (Phi) is 25.4. The summed E-state index contributed by atoms with van der Waals surface area (Å²) in [6.45, 7) is 4.27. The Bertz CT molecular complexity index is 432. The van der Waals surface area contributed by atoms with Crippen LogP contribution in [0.5, 0.6) is 0 Å². The van der Waals surface area contributed by atoms with Crippen LogP contribution in [0.2, 0.25) is 0 Å². The van der Waals surface area contributed by atoms with Crippen LogP contribution in [-0.2, 0) is 9.59 Å². The van der Waals surface area contributed by atoms with Crippen LogP contribution in [0, 0.1) is 0 Å². The molecule has 0 fully saturated rings. The SMILES string of the molecule is CCCCCCCCCCCCCCCCCCC(O)CCCCC(=O)CCC(=O)CCC. The molecule has 0 aliphatic heterocycles. The van der Waals surface area contributed by atoms with Gasteiger partial charge in [0.05, 0.1) is 6.10 Å². The summed E-state index contributed by atoms with van der Waals surface area (Å²) < 4.78 is 0. The van der Waals surface area contributed by atoms with Crippen molar-refractivity contribution in [3.8, 4) is 0 Å². The third-order valence-electron chi connectivity index (χ3n) is 6.85. The van der Waals surface area contributed by atoms with Crippen LogP contribution >= 0.6 is 0 Å². The zero-order chi connectivity index (χ0) is 24.4. The molecule has 0 spiro atoms. The molecule has 0 aromatic carbocycles. The van der Waals surface area contributed by atoms with E-state index in [0.29, 0.717) is 25.7 Å².